The van der Waals surface area contributed by atoms with Gasteiger partial charge in [-0.1, -0.05) is 43.7 Å². The van der Waals surface area contributed by atoms with Crippen molar-refractivity contribution in [2.24, 2.45) is 0 Å². The Morgan fingerprint density at radius 1 is 1.00 bits per heavy atom. The van der Waals surface area contributed by atoms with Crippen LogP contribution in [0.4, 0.5) is 0 Å². The van der Waals surface area contributed by atoms with Crippen LogP contribution in [0.2, 0.25) is 0 Å². The summed E-state index contributed by atoms with van der Waals surface area (Å²) >= 11 is 0. The fraction of sp³-hybridized carbons (Fsp3) is 0.333. The van der Waals surface area contributed by atoms with Crippen molar-refractivity contribution >= 4 is 10.9 Å². The third-order valence-corrected chi connectivity index (χ3v) is 4.54. The largest absolute Gasteiger partial charge is 0.508 e. The van der Waals surface area contributed by atoms with Gasteiger partial charge in [0.2, 0.25) is 0 Å². The summed E-state index contributed by atoms with van der Waals surface area (Å²) < 4.78 is 2.42. The number of rotatable bonds is 5. The van der Waals surface area contributed by atoms with Gasteiger partial charge in [0, 0.05) is 22.6 Å². The van der Waals surface area contributed by atoms with Crippen molar-refractivity contribution < 1.29 is 5.11 Å². The lowest BCUT2D eigenvalue weighted by atomic mass is 9.94. The van der Waals surface area contributed by atoms with Crippen LogP contribution in [0.1, 0.15) is 38.3 Å². The van der Waals surface area contributed by atoms with Gasteiger partial charge in [-0.3, -0.25) is 0 Å². The van der Waals surface area contributed by atoms with E-state index in [-0.39, 0.29) is 5.54 Å². The Kier molecular flexibility index (Phi) is 4.16. The number of phenolic OH excluding ortho intramolecular Hbond substituents is 1. The number of benzene rings is 2. The molecule has 2 nitrogen and oxygen atoms in total. The predicted octanol–water partition coefficient (Wildman–Crippen LogP) is 5.28. The smallest absolute Gasteiger partial charge is 0.115 e. The quantitative estimate of drug-likeness (QED) is 0.682. The molecule has 0 bridgehead atoms. The summed E-state index contributed by atoms with van der Waals surface area (Å²) in [7, 11) is 0. The average Bonchev–Trinajstić information content (AvgIpc) is 2.90. The molecule has 0 fully saturated rings. The van der Waals surface area contributed by atoms with Crippen LogP contribution < -0.4 is 0 Å². The molecule has 0 saturated carbocycles. The van der Waals surface area contributed by atoms with Gasteiger partial charge >= 0.3 is 0 Å². The molecular weight excluding hydrogens is 282 g/mol. The van der Waals surface area contributed by atoms with Crippen LogP contribution in [0.3, 0.4) is 0 Å². The zero-order valence-corrected chi connectivity index (χ0v) is 14.2. The van der Waals surface area contributed by atoms with Crippen molar-refractivity contribution in [2.45, 2.75) is 45.6 Å². The van der Waals surface area contributed by atoms with Crippen molar-refractivity contribution in [1.29, 1.82) is 0 Å². The molecule has 0 spiro atoms. The maximum Gasteiger partial charge on any atom is 0.115 e. The van der Waals surface area contributed by atoms with Crippen molar-refractivity contribution in [3.05, 3.63) is 65.9 Å². The molecule has 0 radical (unpaired) electrons. The van der Waals surface area contributed by atoms with Gasteiger partial charge in [-0.05, 0) is 56.0 Å². The highest BCUT2D eigenvalue weighted by Gasteiger charge is 2.23. The van der Waals surface area contributed by atoms with Crippen LogP contribution in [0.15, 0.2) is 54.7 Å². The molecule has 2 heteroatoms. The molecule has 3 aromatic rings. The van der Waals surface area contributed by atoms with E-state index in [9.17, 15) is 5.11 Å². The van der Waals surface area contributed by atoms with Crippen LogP contribution in [0.5, 0.6) is 5.75 Å². The normalized spacial score (nSPS) is 12.0. The average molecular weight is 307 g/mol. The molecule has 0 atom stereocenters. The minimum atomic E-state index is -0.0252. The molecular formula is C21H25NO. The summed E-state index contributed by atoms with van der Waals surface area (Å²) in [5.41, 5.74) is 3.95. The first kappa shape index (κ1) is 15.7. The highest BCUT2D eigenvalue weighted by molar-refractivity contribution is 5.84. The van der Waals surface area contributed by atoms with E-state index in [1.54, 1.807) is 12.1 Å². The maximum atomic E-state index is 9.47. The third-order valence-electron chi connectivity index (χ3n) is 4.54. The molecule has 23 heavy (non-hydrogen) atoms. The molecule has 1 heterocycles. The van der Waals surface area contributed by atoms with Gasteiger partial charge in [-0.25, -0.2) is 0 Å². The molecule has 0 aliphatic heterocycles. The van der Waals surface area contributed by atoms with Gasteiger partial charge in [-0.2, -0.15) is 0 Å². The molecule has 3 rings (SSSR count). The van der Waals surface area contributed by atoms with E-state index >= 15 is 0 Å². The molecule has 120 valence electrons. The summed E-state index contributed by atoms with van der Waals surface area (Å²) in [5, 5.41) is 10.8. The number of nitrogens with zero attached hydrogens (tertiary/aromatic N) is 1. The van der Waals surface area contributed by atoms with Crippen LogP contribution in [-0.2, 0) is 18.4 Å². The fourth-order valence-electron chi connectivity index (χ4n) is 3.42. The number of fused-ring (bicyclic) bond motifs is 1. The molecule has 1 aromatic heterocycles. The molecule has 0 aliphatic rings. The lowest BCUT2D eigenvalue weighted by Gasteiger charge is -2.28. The van der Waals surface area contributed by atoms with Crippen molar-refractivity contribution in [3.63, 3.8) is 0 Å². The third kappa shape index (κ3) is 3.12. The first-order chi connectivity index (χ1) is 11.0. The highest BCUT2D eigenvalue weighted by Crippen LogP contribution is 2.31. The van der Waals surface area contributed by atoms with Gasteiger partial charge in [0.05, 0.1) is 0 Å². The number of aromatic hydroxyl groups is 1. The first-order valence-electron chi connectivity index (χ1n) is 8.38. The van der Waals surface area contributed by atoms with E-state index in [1.165, 1.54) is 22.0 Å². The lowest BCUT2D eigenvalue weighted by Crippen LogP contribution is -2.28. The Morgan fingerprint density at radius 3 is 2.39 bits per heavy atom. The van der Waals surface area contributed by atoms with Gasteiger partial charge in [0.1, 0.15) is 5.75 Å². The Morgan fingerprint density at radius 2 is 1.70 bits per heavy atom. The van der Waals surface area contributed by atoms with Crippen molar-refractivity contribution in [2.75, 3.05) is 0 Å². The van der Waals surface area contributed by atoms with Gasteiger partial charge in [0.25, 0.3) is 0 Å². The molecule has 1 N–H and O–H groups in total. The second-order valence-corrected chi connectivity index (χ2v) is 6.95. The van der Waals surface area contributed by atoms with E-state index < -0.39 is 0 Å². The summed E-state index contributed by atoms with van der Waals surface area (Å²) in [5.74, 6) is 0.322. The summed E-state index contributed by atoms with van der Waals surface area (Å²) in [6, 6.07) is 16.2. The lowest BCUT2D eigenvalue weighted by molar-refractivity contribution is 0.364. The number of hydrogen-bond acceptors (Lipinski definition) is 1. The Bertz CT molecular complexity index is 796. The molecule has 0 amide bonds. The van der Waals surface area contributed by atoms with E-state index in [0.29, 0.717) is 5.75 Å². The number of hydrogen-bond donors (Lipinski definition) is 1. The summed E-state index contributed by atoms with van der Waals surface area (Å²) in [4.78, 5) is 0. The van der Waals surface area contributed by atoms with E-state index in [4.69, 9.17) is 0 Å². The predicted molar refractivity (Wildman–Crippen MR) is 97.1 cm³/mol. The minimum absolute atomic E-state index is 0.0252. The van der Waals surface area contributed by atoms with Crippen LogP contribution in [-0.4, -0.2) is 9.67 Å². The molecule has 0 saturated heterocycles. The van der Waals surface area contributed by atoms with Crippen LogP contribution in [0, 0.1) is 0 Å². The molecule has 0 aliphatic carbocycles. The first-order valence-corrected chi connectivity index (χ1v) is 8.38. The van der Waals surface area contributed by atoms with Gasteiger partial charge < -0.3 is 9.67 Å². The van der Waals surface area contributed by atoms with E-state index in [0.717, 1.165) is 19.3 Å². The second kappa shape index (κ2) is 6.11. The highest BCUT2D eigenvalue weighted by atomic mass is 16.3. The molecule has 2 aromatic carbocycles. The SMILES string of the molecule is CCCc1cn(C(C)(C)Cc2ccc(O)cc2)c2ccccc12. The topological polar surface area (TPSA) is 25.2 Å². The summed E-state index contributed by atoms with van der Waals surface area (Å²) in [6.45, 7) is 6.79. The minimum Gasteiger partial charge on any atom is -0.508 e. The number of phenols is 1. The summed E-state index contributed by atoms with van der Waals surface area (Å²) in [6.07, 6.45) is 5.53. The zero-order valence-electron chi connectivity index (χ0n) is 14.2. The number of para-hydroxylation sites is 1. The van der Waals surface area contributed by atoms with Crippen LogP contribution >= 0.6 is 0 Å². The zero-order chi connectivity index (χ0) is 16.4. The van der Waals surface area contributed by atoms with E-state index in [1.807, 2.05) is 12.1 Å². The Hall–Kier alpha value is -2.22. The van der Waals surface area contributed by atoms with Crippen LogP contribution in [0.25, 0.3) is 10.9 Å². The number of aryl methyl sites for hydroxylation is 1. The monoisotopic (exact) mass is 307 g/mol. The standard InChI is InChI=1S/C21H25NO/c1-4-7-17-15-22(20-9-6-5-8-19(17)20)21(2,3)14-16-10-12-18(23)13-11-16/h5-6,8-13,15,23H,4,7,14H2,1-3H3. The van der Waals surface area contributed by atoms with Gasteiger partial charge in [0.15, 0.2) is 0 Å². The van der Waals surface area contributed by atoms with Crippen molar-refractivity contribution in [1.82, 2.24) is 4.57 Å². The Labute approximate surface area is 138 Å². The Balaban J connectivity index is 2.01. The number of aromatic nitrogens is 1. The maximum absolute atomic E-state index is 9.47. The van der Waals surface area contributed by atoms with Gasteiger partial charge in [-0.15, -0.1) is 0 Å². The second-order valence-electron chi connectivity index (χ2n) is 6.95. The van der Waals surface area contributed by atoms with Crippen molar-refractivity contribution in [3.8, 4) is 5.75 Å². The van der Waals surface area contributed by atoms with E-state index in [2.05, 4.69) is 55.8 Å². The molecule has 0 unspecified atom stereocenters. The fourth-order valence-corrected chi connectivity index (χ4v) is 3.42.